The molecule has 0 spiro atoms. The summed E-state index contributed by atoms with van der Waals surface area (Å²) in [6.45, 7) is 3.50. The van der Waals surface area contributed by atoms with E-state index in [4.69, 9.17) is 5.11 Å². The van der Waals surface area contributed by atoms with Crippen LogP contribution in [0, 0.1) is 19.3 Å². The first-order valence-electron chi connectivity index (χ1n) is 5.68. The number of anilines is 1. The van der Waals surface area contributed by atoms with E-state index < -0.39 is 17.3 Å². The van der Waals surface area contributed by atoms with Gasteiger partial charge in [-0.15, -0.1) is 5.10 Å². The smallest absolute Gasteiger partial charge is 0.319 e. The van der Waals surface area contributed by atoms with Gasteiger partial charge in [-0.05, 0) is 26.7 Å². The highest BCUT2D eigenvalue weighted by atomic mass is 16.4. The van der Waals surface area contributed by atoms with Gasteiger partial charge in [0, 0.05) is 0 Å². The SMILES string of the molecule is Cc1nnc(NC(=O)C2(C(=O)O)CCC2)nc1C. The summed E-state index contributed by atoms with van der Waals surface area (Å²) in [5, 5.41) is 19.1. The minimum Gasteiger partial charge on any atom is -0.480 e. The Balaban J connectivity index is 2.16. The van der Waals surface area contributed by atoms with E-state index in [1.54, 1.807) is 13.8 Å². The van der Waals surface area contributed by atoms with Gasteiger partial charge in [0.1, 0.15) is 5.41 Å². The Hall–Kier alpha value is -2.05. The summed E-state index contributed by atoms with van der Waals surface area (Å²) in [6.07, 6.45) is 1.45. The number of nitrogens with one attached hydrogen (secondary N) is 1. The van der Waals surface area contributed by atoms with Gasteiger partial charge in [-0.2, -0.15) is 5.10 Å². The molecule has 0 unspecified atom stereocenters. The molecule has 7 heteroatoms. The fourth-order valence-electron chi connectivity index (χ4n) is 1.80. The lowest BCUT2D eigenvalue weighted by molar-refractivity contribution is -0.159. The number of hydrogen-bond acceptors (Lipinski definition) is 5. The third-order valence-corrected chi connectivity index (χ3v) is 3.37. The summed E-state index contributed by atoms with van der Waals surface area (Å²) < 4.78 is 0. The lowest BCUT2D eigenvalue weighted by Gasteiger charge is -2.35. The fraction of sp³-hybridized carbons (Fsp3) is 0.545. The molecular weight excluding hydrogens is 236 g/mol. The number of aromatic nitrogens is 3. The molecule has 96 valence electrons. The van der Waals surface area contributed by atoms with Crippen molar-refractivity contribution in [1.29, 1.82) is 0 Å². The van der Waals surface area contributed by atoms with Crippen molar-refractivity contribution in [1.82, 2.24) is 15.2 Å². The van der Waals surface area contributed by atoms with Crippen molar-refractivity contribution in [3.05, 3.63) is 11.4 Å². The van der Waals surface area contributed by atoms with Gasteiger partial charge in [-0.25, -0.2) is 4.98 Å². The molecule has 2 rings (SSSR count). The van der Waals surface area contributed by atoms with E-state index >= 15 is 0 Å². The van der Waals surface area contributed by atoms with Crippen LogP contribution in [0.25, 0.3) is 0 Å². The van der Waals surface area contributed by atoms with Gasteiger partial charge in [0.2, 0.25) is 11.9 Å². The molecule has 1 fully saturated rings. The Kier molecular flexibility index (Phi) is 2.98. The second-order valence-corrected chi connectivity index (χ2v) is 4.50. The van der Waals surface area contributed by atoms with E-state index in [1.165, 1.54) is 0 Å². The fourth-order valence-corrected chi connectivity index (χ4v) is 1.80. The quantitative estimate of drug-likeness (QED) is 0.764. The first-order valence-corrected chi connectivity index (χ1v) is 5.68. The lowest BCUT2D eigenvalue weighted by Crippen LogP contribution is -2.48. The third kappa shape index (κ3) is 1.92. The molecule has 0 radical (unpaired) electrons. The molecule has 1 heterocycles. The van der Waals surface area contributed by atoms with Crippen LogP contribution in [0.3, 0.4) is 0 Å². The van der Waals surface area contributed by atoms with Crippen LogP contribution in [0.5, 0.6) is 0 Å². The zero-order chi connectivity index (χ0) is 13.3. The monoisotopic (exact) mass is 250 g/mol. The molecule has 0 bridgehead atoms. The maximum Gasteiger partial charge on any atom is 0.319 e. The topological polar surface area (TPSA) is 105 Å². The summed E-state index contributed by atoms with van der Waals surface area (Å²) in [7, 11) is 0. The molecule has 1 saturated carbocycles. The van der Waals surface area contributed by atoms with E-state index in [0.29, 0.717) is 24.2 Å². The Morgan fingerprint density at radius 2 is 1.89 bits per heavy atom. The Bertz CT molecular complexity index is 511. The van der Waals surface area contributed by atoms with Gasteiger partial charge in [0.15, 0.2) is 0 Å². The number of aliphatic carboxylic acids is 1. The van der Waals surface area contributed by atoms with Gasteiger partial charge < -0.3 is 5.11 Å². The minimum atomic E-state index is -1.32. The summed E-state index contributed by atoms with van der Waals surface area (Å²) in [5.41, 5.74) is 0.00480. The second kappa shape index (κ2) is 4.32. The van der Waals surface area contributed by atoms with Crippen molar-refractivity contribution in [2.24, 2.45) is 5.41 Å². The standard InChI is InChI=1S/C11H14N4O3/c1-6-7(2)14-15-10(12-6)13-8(16)11(9(17)18)4-3-5-11/h3-5H2,1-2H3,(H,17,18)(H,12,13,15,16). The van der Waals surface area contributed by atoms with Gasteiger partial charge in [-0.3, -0.25) is 14.9 Å². The molecule has 0 aliphatic heterocycles. The van der Waals surface area contributed by atoms with Gasteiger partial charge >= 0.3 is 5.97 Å². The zero-order valence-electron chi connectivity index (χ0n) is 10.2. The first-order chi connectivity index (χ1) is 8.45. The number of carbonyl (C=O) groups is 2. The van der Waals surface area contributed by atoms with Crippen molar-refractivity contribution in [2.75, 3.05) is 5.32 Å². The Morgan fingerprint density at radius 1 is 1.22 bits per heavy atom. The van der Waals surface area contributed by atoms with Crippen LogP contribution >= 0.6 is 0 Å². The third-order valence-electron chi connectivity index (χ3n) is 3.37. The molecule has 1 aliphatic carbocycles. The van der Waals surface area contributed by atoms with Crippen molar-refractivity contribution < 1.29 is 14.7 Å². The summed E-state index contributed by atoms with van der Waals surface area (Å²) in [4.78, 5) is 27.1. The first kappa shape index (κ1) is 12.4. The zero-order valence-corrected chi connectivity index (χ0v) is 10.2. The molecule has 0 saturated heterocycles. The average Bonchev–Trinajstić information content (AvgIpc) is 2.21. The molecule has 1 amide bonds. The molecule has 1 aromatic rings. The van der Waals surface area contributed by atoms with Gasteiger partial charge in [0.25, 0.3) is 0 Å². The average molecular weight is 250 g/mol. The molecule has 1 aliphatic rings. The number of hydrogen-bond donors (Lipinski definition) is 2. The Labute approximate surface area is 104 Å². The number of rotatable bonds is 3. The maximum absolute atomic E-state index is 12.0. The predicted molar refractivity (Wildman–Crippen MR) is 61.9 cm³/mol. The van der Waals surface area contributed by atoms with Crippen molar-refractivity contribution >= 4 is 17.8 Å². The highest BCUT2D eigenvalue weighted by molar-refractivity contribution is 6.08. The van der Waals surface area contributed by atoms with Gasteiger partial charge in [-0.1, -0.05) is 6.42 Å². The van der Waals surface area contributed by atoms with E-state index in [1.807, 2.05) is 0 Å². The highest BCUT2D eigenvalue weighted by Gasteiger charge is 2.51. The molecule has 7 nitrogen and oxygen atoms in total. The predicted octanol–water partition coefficient (Wildman–Crippen LogP) is 0.682. The minimum absolute atomic E-state index is 0.0515. The molecule has 1 aromatic heterocycles. The van der Waals surface area contributed by atoms with Crippen LogP contribution in [0.4, 0.5) is 5.95 Å². The number of carboxylic acids is 1. The van der Waals surface area contributed by atoms with Crippen LogP contribution in [0.15, 0.2) is 0 Å². The maximum atomic E-state index is 12.0. The van der Waals surface area contributed by atoms with E-state index in [-0.39, 0.29) is 5.95 Å². The molecule has 0 atom stereocenters. The molecular formula is C11H14N4O3. The van der Waals surface area contributed by atoms with Crippen LogP contribution in [-0.4, -0.2) is 32.2 Å². The molecule has 18 heavy (non-hydrogen) atoms. The van der Waals surface area contributed by atoms with Crippen LogP contribution in [-0.2, 0) is 9.59 Å². The molecule has 2 N–H and O–H groups in total. The normalized spacial score (nSPS) is 16.8. The summed E-state index contributed by atoms with van der Waals surface area (Å²) in [6, 6.07) is 0. The number of carbonyl (C=O) groups excluding carboxylic acids is 1. The van der Waals surface area contributed by atoms with Crippen molar-refractivity contribution in [3.8, 4) is 0 Å². The Morgan fingerprint density at radius 3 is 2.33 bits per heavy atom. The summed E-state index contributed by atoms with van der Waals surface area (Å²) >= 11 is 0. The van der Waals surface area contributed by atoms with E-state index in [0.717, 1.165) is 6.42 Å². The van der Waals surface area contributed by atoms with Crippen molar-refractivity contribution in [3.63, 3.8) is 0 Å². The van der Waals surface area contributed by atoms with Crippen LogP contribution in [0.2, 0.25) is 0 Å². The van der Waals surface area contributed by atoms with Gasteiger partial charge in [0.05, 0.1) is 11.4 Å². The largest absolute Gasteiger partial charge is 0.480 e. The highest BCUT2D eigenvalue weighted by Crippen LogP contribution is 2.41. The van der Waals surface area contributed by atoms with E-state index in [9.17, 15) is 9.59 Å². The number of nitrogens with zero attached hydrogens (tertiary/aromatic N) is 3. The molecule has 0 aromatic carbocycles. The summed E-state index contributed by atoms with van der Waals surface area (Å²) in [5.74, 6) is -1.61. The lowest BCUT2D eigenvalue weighted by atomic mass is 9.68. The number of carboxylic acid groups (broad SMARTS) is 1. The van der Waals surface area contributed by atoms with Crippen LogP contribution < -0.4 is 5.32 Å². The van der Waals surface area contributed by atoms with Crippen molar-refractivity contribution in [2.45, 2.75) is 33.1 Å². The number of amides is 1. The van der Waals surface area contributed by atoms with Crippen LogP contribution in [0.1, 0.15) is 30.7 Å². The van der Waals surface area contributed by atoms with E-state index in [2.05, 4.69) is 20.5 Å². The number of aryl methyl sites for hydroxylation is 2. The second-order valence-electron chi connectivity index (χ2n) is 4.50.